The molecule has 2 aromatic rings. The van der Waals surface area contributed by atoms with Crippen LogP contribution in [0, 0.1) is 10.1 Å². The fourth-order valence-corrected chi connectivity index (χ4v) is 2.88. The summed E-state index contributed by atoms with van der Waals surface area (Å²) in [4.78, 5) is 25.6. The molecule has 0 spiro atoms. The number of aliphatic carboxylic acids is 1. The van der Waals surface area contributed by atoms with Crippen molar-refractivity contribution in [2.24, 2.45) is 0 Å². The van der Waals surface area contributed by atoms with Gasteiger partial charge in [-0.2, -0.15) is 0 Å². The number of nitro benzene ring substituents is 1. The Hall–Kier alpha value is -2.41. The van der Waals surface area contributed by atoms with Crippen LogP contribution < -0.4 is 0 Å². The Morgan fingerprint density at radius 3 is 2.56 bits per heavy atom. The minimum Gasteiger partial charge on any atom is -0.481 e. The Morgan fingerprint density at radius 1 is 1.32 bits per heavy atom. The second-order valence-corrected chi connectivity index (χ2v) is 6.13. The normalized spacial score (nSPS) is 10.8. The van der Waals surface area contributed by atoms with Crippen molar-refractivity contribution in [3.8, 4) is 0 Å². The van der Waals surface area contributed by atoms with Crippen LogP contribution in [0.3, 0.4) is 0 Å². The first kappa shape index (κ1) is 18.9. The summed E-state index contributed by atoms with van der Waals surface area (Å²) in [6, 6.07) is 6.29. The highest BCUT2D eigenvalue weighted by atomic mass is 35.5. The molecule has 0 aliphatic carbocycles. The van der Waals surface area contributed by atoms with E-state index in [0.29, 0.717) is 23.8 Å². The number of benzene rings is 1. The third kappa shape index (κ3) is 5.03. The molecular formula is C17H20ClN3O4. The Kier molecular flexibility index (Phi) is 6.52. The number of aryl methyl sites for hydroxylation is 1. The van der Waals surface area contributed by atoms with Crippen molar-refractivity contribution in [2.75, 3.05) is 0 Å². The van der Waals surface area contributed by atoms with Crippen molar-refractivity contribution in [3.63, 3.8) is 0 Å². The van der Waals surface area contributed by atoms with Gasteiger partial charge in [0.05, 0.1) is 17.0 Å². The van der Waals surface area contributed by atoms with Crippen molar-refractivity contribution < 1.29 is 14.8 Å². The summed E-state index contributed by atoms with van der Waals surface area (Å²) in [7, 11) is 0. The Balaban J connectivity index is 2.31. The third-order valence-electron chi connectivity index (χ3n) is 3.92. The molecular weight excluding hydrogens is 346 g/mol. The molecule has 1 aromatic heterocycles. The van der Waals surface area contributed by atoms with Crippen molar-refractivity contribution in [2.45, 2.75) is 45.6 Å². The van der Waals surface area contributed by atoms with Gasteiger partial charge in [0, 0.05) is 31.5 Å². The molecule has 8 heteroatoms. The summed E-state index contributed by atoms with van der Waals surface area (Å²) >= 11 is 6.23. The lowest BCUT2D eigenvalue weighted by Gasteiger charge is -2.12. The summed E-state index contributed by atoms with van der Waals surface area (Å²) in [5, 5.41) is 20.0. The highest BCUT2D eigenvalue weighted by molar-refractivity contribution is 6.30. The fourth-order valence-electron chi connectivity index (χ4n) is 2.59. The molecule has 0 aliphatic rings. The molecule has 1 N–H and O–H groups in total. The summed E-state index contributed by atoms with van der Waals surface area (Å²) in [5.41, 5.74) is 1.59. The van der Waals surface area contributed by atoms with Crippen LogP contribution in [0.1, 0.15) is 43.3 Å². The van der Waals surface area contributed by atoms with Crippen LogP contribution in [-0.2, 0) is 24.2 Å². The second kappa shape index (κ2) is 8.62. The van der Waals surface area contributed by atoms with Crippen molar-refractivity contribution >= 4 is 23.3 Å². The third-order valence-corrected chi connectivity index (χ3v) is 4.22. The number of nitro groups is 1. The van der Waals surface area contributed by atoms with Gasteiger partial charge in [0.2, 0.25) is 0 Å². The van der Waals surface area contributed by atoms with E-state index < -0.39 is 10.9 Å². The fraction of sp³-hybridized carbons (Fsp3) is 0.412. The maximum Gasteiger partial charge on any atom is 0.303 e. The highest BCUT2D eigenvalue weighted by Crippen LogP contribution is 2.23. The molecule has 25 heavy (non-hydrogen) atoms. The second-order valence-electron chi connectivity index (χ2n) is 5.77. The zero-order chi connectivity index (χ0) is 18.4. The van der Waals surface area contributed by atoms with E-state index in [2.05, 4.69) is 11.9 Å². The minimum atomic E-state index is -0.894. The molecule has 0 amide bonds. The van der Waals surface area contributed by atoms with Gasteiger partial charge < -0.3 is 9.67 Å². The predicted molar refractivity (Wildman–Crippen MR) is 94.0 cm³/mol. The molecule has 0 unspecified atom stereocenters. The molecule has 1 aromatic carbocycles. The first-order valence-electron chi connectivity index (χ1n) is 8.11. The maximum atomic E-state index is 10.9. The molecule has 7 nitrogen and oxygen atoms in total. The van der Waals surface area contributed by atoms with Gasteiger partial charge in [0.25, 0.3) is 5.69 Å². The van der Waals surface area contributed by atoms with Crippen LogP contribution in [0.25, 0.3) is 0 Å². The van der Waals surface area contributed by atoms with E-state index in [1.54, 1.807) is 12.1 Å². The number of carboxylic acid groups (broad SMARTS) is 1. The number of aromatic nitrogens is 2. The number of imidazole rings is 1. The molecule has 0 aliphatic heterocycles. The number of carbonyl (C=O) groups is 1. The number of hydrogen-bond acceptors (Lipinski definition) is 4. The van der Waals surface area contributed by atoms with Crippen molar-refractivity contribution in [1.82, 2.24) is 9.55 Å². The number of rotatable bonds is 9. The molecule has 0 fully saturated rings. The first-order chi connectivity index (χ1) is 11.9. The summed E-state index contributed by atoms with van der Waals surface area (Å²) < 4.78 is 1.93. The summed E-state index contributed by atoms with van der Waals surface area (Å²) in [6.07, 6.45) is 2.97. The average molecular weight is 366 g/mol. The number of carboxylic acids is 1. The van der Waals surface area contributed by atoms with Crippen molar-refractivity contribution in [3.05, 3.63) is 56.6 Å². The quantitative estimate of drug-likeness (QED) is 0.537. The Morgan fingerprint density at radius 2 is 2.00 bits per heavy atom. The Bertz CT molecular complexity index is 756. The maximum absolute atomic E-state index is 10.9. The lowest BCUT2D eigenvalue weighted by molar-refractivity contribution is -0.384. The predicted octanol–water partition coefficient (Wildman–Crippen LogP) is 3.85. The zero-order valence-corrected chi connectivity index (χ0v) is 14.7. The van der Waals surface area contributed by atoms with Crippen LogP contribution in [0.5, 0.6) is 0 Å². The standard InChI is InChI=1S/C17H20ClN3O4/c1-2-3-4-15-19-17(18)14(9-10-16(22)23)20(15)11-12-5-7-13(8-6-12)21(24)25/h5-8H,2-4,9-11H2,1H3,(H,22,23). The van der Waals surface area contributed by atoms with E-state index in [4.69, 9.17) is 16.7 Å². The molecule has 0 atom stereocenters. The van der Waals surface area contributed by atoms with Gasteiger partial charge in [-0.15, -0.1) is 0 Å². The van der Waals surface area contributed by atoms with Crippen LogP contribution in [0.2, 0.25) is 5.15 Å². The summed E-state index contributed by atoms with van der Waals surface area (Å²) in [5.74, 6) is -0.0835. The number of non-ortho nitro benzene ring substituents is 1. The van der Waals surface area contributed by atoms with Crippen LogP contribution in [0.15, 0.2) is 24.3 Å². The molecule has 2 rings (SSSR count). The van der Waals surface area contributed by atoms with Crippen molar-refractivity contribution in [1.29, 1.82) is 0 Å². The van der Waals surface area contributed by atoms with Crippen LogP contribution >= 0.6 is 11.6 Å². The number of nitrogens with zero attached hydrogens (tertiary/aromatic N) is 3. The number of hydrogen-bond donors (Lipinski definition) is 1. The van der Waals surface area contributed by atoms with E-state index in [-0.39, 0.29) is 12.1 Å². The van der Waals surface area contributed by atoms with Gasteiger partial charge in [0.15, 0.2) is 5.15 Å². The van der Waals surface area contributed by atoms with Gasteiger partial charge in [-0.05, 0) is 12.0 Å². The van der Waals surface area contributed by atoms with E-state index in [9.17, 15) is 14.9 Å². The van der Waals surface area contributed by atoms with Gasteiger partial charge >= 0.3 is 5.97 Å². The molecule has 0 radical (unpaired) electrons. The van der Waals surface area contributed by atoms with E-state index in [0.717, 1.165) is 30.7 Å². The van der Waals surface area contributed by atoms with Gasteiger partial charge in [-0.25, -0.2) is 4.98 Å². The molecule has 0 bridgehead atoms. The minimum absolute atomic E-state index is 0.0289. The molecule has 0 saturated heterocycles. The van der Waals surface area contributed by atoms with Crippen LogP contribution in [0.4, 0.5) is 5.69 Å². The summed E-state index contributed by atoms with van der Waals surface area (Å²) in [6.45, 7) is 2.53. The largest absolute Gasteiger partial charge is 0.481 e. The topological polar surface area (TPSA) is 98.3 Å². The molecule has 1 heterocycles. The van der Waals surface area contributed by atoms with Gasteiger partial charge in [-0.3, -0.25) is 14.9 Å². The highest BCUT2D eigenvalue weighted by Gasteiger charge is 2.17. The van der Waals surface area contributed by atoms with E-state index in [1.807, 2.05) is 4.57 Å². The Labute approximate surface area is 150 Å². The first-order valence-corrected chi connectivity index (χ1v) is 8.49. The lowest BCUT2D eigenvalue weighted by atomic mass is 10.1. The lowest BCUT2D eigenvalue weighted by Crippen LogP contribution is -2.10. The van der Waals surface area contributed by atoms with Gasteiger partial charge in [-0.1, -0.05) is 37.1 Å². The van der Waals surface area contributed by atoms with Gasteiger partial charge in [0.1, 0.15) is 5.82 Å². The monoisotopic (exact) mass is 365 g/mol. The molecule has 134 valence electrons. The zero-order valence-electron chi connectivity index (χ0n) is 13.9. The SMILES string of the molecule is CCCCc1nc(Cl)c(CCC(=O)O)n1Cc1ccc([N+](=O)[O-])cc1. The smallest absolute Gasteiger partial charge is 0.303 e. The molecule has 0 saturated carbocycles. The van der Waals surface area contributed by atoms with Crippen LogP contribution in [-0.4, -0.2) is 25.6 Å². The average Bonchev–Trinajstić information content (AvgIpc) is 2.86. The number of unbranched alkanes of at least 4 members (excludes halogenated alkanes) is 1. The van der Waals surface area contributed by atoms with E-state index in [1.165, 1.54) is 12.1 Å². The number of halogens is 1. The van der Waals surface area contributed by atoms with E-state index >= 15 is 0 Å².